The molecule has 1 aliphatic rings. The van der Waals surface area contributed by atoms with Crippen LogP contribution in [-0.2, 0) is 4.74 Å². The van der Waals surface area contributed by atoms with Crippen molar-refractivity contribution in [1.82, 2.24) is 5.32 Å². The van der Waals surface area contributed by atoms with Gasteiger partial charge < -0.3 is 15.2 Å². The number of alkyl carbamates (subject to hydrolysis) is 1. The first-order valence-electron chi connectivity index (χ1n) is 9.65. The summed E-state index contributed by atoms with van der Waals surface area (Å²) in [6.45, 7) is 0.309. The van der Waals surface area contributed by atoms with E-state index in [0.29, 0.717) is 5.56 Å². The topological polar surface area (TPSA) is 75.6 Å². The van der Waals surface area contributed by atoms with E-state index in [-0.39, 0.29) is 29.7 Å². The van der Waals surface area contributed by atoms with Gasteiger partial charge in [-0.2, -0.15) is 0 Å². The Morgan fingerprint density at radius 1 is 1.00 bits per heavy atom. The fourth-order valence-electron chi connectivity index (χ4n) is 3.65. The summed E-state index contributed by atoms with van der Waals surface area (Å²) < 4.78 is 5.45. The van der Waals surface area contributed by atoms with Crippen LogP contribution >= 0.6 is 11.6 Å². The minimum atomic E-state index is -1.06. The van der Waals surface area contributed by atoms with E-state index in [1.807, 2.05) is 24.3 Å². The van der Waals surface area contributed by atoms with Gasteiger partial charge in [0, 0.05) is 11.5 Å². The van der Waals surface area contributed by atoms with Crippen LogP contribution in [0.5, 0.6) is 0 Å². The Bertz CT molecular complexity index is 1180. The fraction of sp³-hybridized carbons (Fsp3) is 0.120. The van der Waals surface area contributed by atoms with Gasteiger partial charge >= 0.3 is 12.1 Å². The van der Waals surface area contributed by atoms with Crippen molar-refractivity contribution in [2.75, 3.05) is 13.2 Å². The summed E-state index contributed by atoms with van der Waals surface area (Å²) >= 11 is 6.04. The van der Waals surface area contributed by atoms with Gasteiger partial charge in [0.2, 0.25) is 0 Å². The van der Waals surface area contributed by atoms with Crippen LogP contribution in [0.4, 0.5) is 4.79 Å². The van der Waals surface area contributed by atoms with Gasteiger partial charge in [0.15, 0.2) is 0 Å². The number of benzene rings is 3. The molecular formula is C25H18ClNO4. The lowest BCUT2D eigenvalue weighted by atomic mass is 9.98. The number of hydrogen-bond acceptors (Lipinski definition) is 3. The van der Waals surface area contributed by atoms with Crippen LogP contribution in [-0.4, -0.2) is 30.3 Å². The van der Waals surface area contributed by atoms with Gasteiger partial charge in [-0.15, -0.1) is 0 Å². The number of hydrogen-bond donors (Lipinski definition) is 2. The number of ether oxygens (including phenoxy) is 1. The highest BCUT2D eigenvalue weighted by Gasteiger charge is 2.28. The van der Waals surface area contributed by atoms with E-state index in [2.05, 4.69) is 41.4 Å². The van der Waals surface area contributed by atoms with Crippen molar-refractivity contribution in [2.24, 2.45) is 0 Å². The molecule has 0 saturated heterocycles. The number of carbonyl (C=O) groups excluding carboxylic acids is 1. The molecule has 4 rings (SSSR count). The van der Waals surface area contributed by atoms with Crippen molar-refractivity contribution in [1.29, 1.82) is 0 Å². The van der Waals surface area contributed by atoms with Crippen molar-refractivity contribution in [3.05, 3.63) is 94.0 Å². The molecule has 0 aliphatic heterocycles. The quantitative estimate of drug-likeness (QED) is 0.574. The number of rotatable bonds is 4. The Labute approximate surface area is 184 Å². The molecular weight excluding hydrogens is 414 g/mol. The smallest absolute Gasteiger partial charge is 0.407 e. The third-order valence-corrected chi connectivity index (χ3v) is 5.42. The third kappa shape index (κ3) is 4.40. The minimum absolute atomic E-state index is 0.00390. The zero-order chi connectivity index (χ0) is 21.8. The molecule has 1 aliphatic carbocycles. The van der Waals surface area contributed by atoms with E-state index in [9.17, 15) is 9.59 Å². The average molecular weight is 432 g/mol. The van der Waals surface area contributed by atoms with E-state index in [1.54, 1.807) is 0 Å². The molecule has 0 saturated carbocycles. The Balaban J connectivity index is 1.34. The Morgan fingerprint density at radius 2 is 1.65 bits per heavy atom. The Morgan fingerprint density at radius 3 is 2.26 bits per heavy atom. The molecule has 0 radical (unpaired) electrons. The largest absolute Gasteiger partial charge is 0.478 e. The van der Waals surface area contributed by atoms with Crippen LogP contribution in [0.2, 0.25) is 5.02 Å². The second kappa shape index (κ2) is 8.95. The second-order valence-electron chi connectivity index (χ2n) is 6.98. The van der Waals surface area contributed by atoms with Crippen molar-refractivity contribution in [3.63, 3.8) is 0 Å². The zero-order valence-electron chi connectivity index (χ0n) is 16.4. The van der Waals surface area contributed by atoms with Crippen molar-refractivity contribution in [3.8, 4) is 23.0 Å². The summed E-state index contributed by atoms with van der Waals surface area (Å²) in [7, 11) is 0. The van der Waals surface area contributed by atoms with E-state index >= 15 is 0 Å². The third-order valence-electron chi connectivity index (χ3n) is 5.10. The lowest BCUT2D eigenvalue weighted by Crippen LogP contribution is -2.26. The average Bonchev–Trinajstić information content (AvgIpc) is 3.10. The van der Waals surface area contributed by atoms with Crippen LogP contribution in [0.25, 0.3) is 11.1 Å². The van der Waals surface area contributed by atoms with Crippen LogP contribution in [0.1, 0.15) is 33.0 Å². The van der Waals surface area contributed by atoms with Crippen molar-refractivity contribution in [2.45, 2.75) is 5.92 Å². The number of fused-ring (bicyclic) bond motifs is 3. The highest BCUT2D eigenvalue weighted by molar-refractivity contribution is 6.32. The van der Waals surface area contributed by atoms with Gasteiger partial charge in [0.05, 0.1) is 17.1 Å². The monoisotopic (exact) mass is 431 g/mol. The molecule has 0 spiro atoms. The van der Waals surface area contributed by atoms with Gasteiger partial charge in [-0.25, -0.2) is 9.59 Å². The number of carboxylic acids is 1. The van der Waals surface area contributed by atoms with Crippen LogP contribution < -0.4 is 5.32 Å². The lowest BCUT2D eigenvalue weighted by Gasteiger charge is -2.14. The molecule has 0 fully saturated rings. The molecule has 3 aromatic rings. The molecule has 0 heterocycles. The molecule has 2 N–H and O–H groups in total. The maximum atomic E-state index is 12.1. The number of carbonyl (C=O) groups is 2. The van der Waals surface area contributed by atoms with Gasteiger partial charge in [0.1, 0.15) is 6.61 Å². The van der Waals surface area contributed by atoms with E-state index in [1.165, 1.54) is 29.3 Å². The SMILES string of the molecule is O=C(NCC#Cc1ccc(C(=O)O)cc1Cl)OCC1c2ccccc2-c2ccccc21. The number of halogens is 1. The van der Waals surface area contributed by atoms with Gasteiger partial charge in [-0.3, -0.25) is 0 Å². The fourth-order valence-corrected chi connectivity index (χ4v) is 3.88. The summed E-state index contributed by atoms with van der Waals surface area (Å²) in [6, 6.07) is 20.6. The Hall–Kier alpha value is -3.75. The van der Waals surface area contributed by atoms with Gasteiger partial charge in [-0.05, 0) is 40.5 Å². The van der Waals surface area contributed by atoms with Crippen LogP contribution in [0, 0.1) is 11.8 Å². The molecule has 5 nitrogen and oxygen atoms in total. The molecule has 0 aromatic heterocycles. The minimum Gasteiger partial charge on any atom is -0.478 e. The lowest BCUT2D eigenvalue weighted by molar-refractivity contribution is 0.0696. The molecule has 0 bridgehead atoms. The zero-order valence-corrected chi connectivity index (χ0v) is 17.1. The van der Waals surface area contributed by atoms with E-state index < -0.39 is 12.1 Å². The number of aromatic carboxylic acids is 1. The van der Waals surface area contributed by atoms with Crippen molar-refractivity contribution < 1.29 is 19.4 Å². The highest BCUT2D eigenvalue weighted by atomic mass is 35.5. The molecule has 0 atom stereocenters. The summed E-state index contributed by atoms with van der Waals surface area (Å²) in [5.41, 5.74) is 5.22. The number of nitrogens with one attached hydrogen (secondary N) is 1. The standard InChI is InChI=1S/C25H18ClNO4/c26-23-14-17(24(28)29)12-11-16(23)6-5-13-27-25(30)31-15-22-20-9-3-1-7-18(20)19-8-2-4-10-21(19)22/h1-4,7-12,14,22H,13,15H2,(H,27,30)(H,28,29). The highest BCUT2D eigenvalue weighted by Crippen LogP contribution is 2.44. The Kier molecular flexibility index (Phi) is 5.92. The molecule has 0 unspecified atom stereocenters. The summed E-state index contributed by atoms with van der Waals surface area (Å²) in [6.07, 6.45) is -0.552. The first kappa shape index (κ1) is 20.5. The summed E-state index contributed by atoms with van der Waals surface area (Å²) in [5.74, 6) is 4.54. The van der Waals surface area contributed by atoms with Crippen molar-refractivity contribution >= 4 is 23.7 Å². The number of carboxylic acid groups (broad SMARTS) is 1. The summed E-state index contributed by atoms with van der Waals surface area (Å²) in [5, 5.41) is 11.8. The molecule has 154 valence electrons. The maximum Gasteiger partial charge on any atom is 0.407 e. The molecule has 3 aromatic carbocycles. The second-order valence-corrected chi connectivity index (χ2v) is 7.39. The predicted molar refractivity (Wildman–Crippen MR) is 118 cm³/mol. The van der Waals surface area contributed by atoms with Gasteiger partial charge in [-0.1, -0.05) is 72.0 Å². The maximum absolute atomic E-state index is 12.1. The van der Waals surface area contributed by atoms with Crippen LogP contribution in [0.15, 0.2) is 66.7 Å². The first-order valence-corrected chi connectivity index (χ1v) is 10.0. The first-order chi connectivity index (χ1) is 15.0. The number of amides is 1. The predicted octanol–water partition coefficient (Wildman–Crippen LogP) is 4.93. The van der Waals surface area contributed by atoms with Gasteiger partial charge in [0.25, 0.3) is 0 Å². The van der Waals surface area contributed by atoms with E-state index in [4.69, 9.17) is 21.4 Å². The normalized spacial score (nSPS) is 11.6. The molecule has 6 heteroatoms. The molecule has 1 amide bonds. The summed E-state index contributed by atoms with van der Waals surface area (Å²) in [4.78, 5) is 23.1. The van der Waals surface area contributed by atoms with Crippen LogP contribution in [0.3, 0.4) is 0 Å². The molecule has 31 heavy (non-hydrogen) atoms. The van der Waals surface area contributed by atoms with E-state index in [0.717, 1.165) is 11.1 Å².